The molecule has 0 unspecified atom stereocenters. The molecule has 0 saturated carbocycles. The average Bonchev–Trinajstić information content (AvgIpc) is 2.96. The molecule has 6 nitrogen and oxygen atoms in total. The van der Waals surface area contributed by atoms with Crippen molar-refractivity contribution < 1.29 is 19.0 Å². The first-order valence-electron chi connectivity index (χ1n) is 7.20. The van der Waals surface area contributed by atoms with Gasteiger partial charge in [-0.15, -0.1) is 0 Å². The van der Waals surface area contributed by atoms with E-state index in [0.29, 0.717) is 6.54 Å². The molecule has 2 heterocycles. The summed E-state index contributed by atoms with van der Waals surface area (Å²) >= 11 is 0. The van der Waals surface area contributed by atoms with Crippen molar-refractivity contribution in [2.24, 2.45) is 0 Å². The van der Waals surface area contributed by atoms with Crippen molar-refractivity contribution in [1.29, 1.82) is 0 Å². The second-order valence-corrected chi connectivity index (χ2v) is 5.21. The number of fused-ring (bicyclic) bond motifs is 1. The zero-order valence-corrected chi connectivity index (χ0v) is 12.1. The molecule has 1 saturated heterocycles. The van der Waals surface area contributed by atoms with Gasteiger partial charge in [-0.2, -0.15) is 0 Å². The Morgan fingerprint density at radius 2 is 2.05 bits per heavy atom. The molecule has 1 N–H and O–H groups in total. The third kappa shape index (κ3) is 3.28. The number of nitrogens with zero attached hydrogens (tertiary/aromatic N) is 1. The highest BCUT2D eigenvalue weighted by atomic mass is 16.7. The fourth-order valence-corrected chi connectivity index (χ4v) is 2.71. The van der Waals surface area contributed by atoms with E-state index in [2.05, 4.69) is 10.2 Å². The Hall–Kier alpha value is -1.79. The highest BCUT2D eigenvalue weighted by Gasteiger charge is 2.25. The van der Waals surface area contributed by atoms with Crippen molar-refractivity contribution in [3.05, 3.63) is 23.8 Å². The van der Waals surface area contributed by atoms with Crippen LogP contribution in [0.2, 0.25) is 0 Å². The van der Waals surface area contributed by atoms with Crippen molar-refractivity contribution in [3.8, 4) is 11.5 Å². The lowest BCUT2D eigenvalue weighted by atomic mass is 10.0. The number of nitrogens with one attached hydrogen (secondary N) is 1. The van der Waals surface area contributed by atoms with Crippen LogP contribution in [0.5, 0.6) is 11.5 Å². The minimum atomic E-state index is -0.0194. The number of carbonyl (C=O) groups is 1. The molecule has 3 rings (SSSR count). The topological polar surface area (TPSA) is 60.0 Å². The predicted molar refractivity (Wildman–Crippen MR) is 76.4 cm³/mol. The monoisotopic (exact) mass is 292 g/mol. The first-order chi connectivity index (χ1) is 10.2. The molecule has 2 aliphatic heterocycles. The van der Waals surface area contributed by atoms with Gasteiger partial charge in [0.05, 0.1) is 19.3 Å². The van der Waals surface area contributed by atoms with Crippen molar-refractivity contribution in [3.63, 3.8) is 0 Å². The lowest BCUT2D eigenvalue weighted by molar-refractivity contribution is -0.119. The number of hydrogen-bond donors (Lipinski definition) is 1. The normalized spacial score (nSPS) is 19.3. The summed E-state index contributed by atoms with van der Waals surface area (Å²) in [5.74, 6) is 1.53. The lowest BCUT2D eigenvalue weighted by Crippen LogP contribution is -2.43. The number of hydrogen-bond acceptors (Lipinski definition) is 5. The summed E-state index contributed by atoms with van der Waals surface area (Å²) in [4.78, 5) is 13.6. The molecule has 2 aliphatic rings. The minimum Gasteiger partial charge on any atom is -0.454 e. The molecule has 1 atom stereocenters. The Balaban J connectivity index is 1.81. The summed E-state index contributed by atoms with van der Waals surface area (Å²) in [6.45, 7) is 5.55. The summed E-state index contributed by atoms with van der Waals surface area (Å²) in [6, 6.07) is 6.09. The fraction of sp³-hybridized carbons (Fsp3) is 0.533. The van der Waals surface area contributed by atoms with Crippen LogP contribution >= 0.6 is 0 Å². The number of carbonyl (C=O) groups excluding carboxylic acids is 1. The quantitative estimate of drug-likeness (QED) is 0.894. The highest BCUT2D eigenvalue weighted by molar-refractivity contribution is 5.72. The SMILES string of the molecule is CC(=O)NC[C@H](c1ccc2c(c1)OCO2)N1CCOCC1. The van der Waals surface area contributed by atoms with Crippen LogP contribution in [-0.4, -0.2) is 50.4 Å². The maximum atomic E-state index is 11.3. The summed E-state index contributed by atoms with van der Waals surface area (Å²) < 4.78 is 16.2. The second-order valence-electron chi connectivity index (χ2n) is 5.21. The number of benzene rings is 1. The van der Waals surface area contributed by atoms with E-state index in [9.17, 15) is 4.79 Å². The molecule has 1 amide bonds. The number of amides is 1. The summed E-state index contributed by atoms with van der Waals surface area (Å²) in [5, 5.41) is 2.92. The molecule has 21 heavy (non-hydrogen) atoms. The van der Waals surface area contributed by atoms with Gasteiger partial charge in [0.25, 0.3) is 0 Å². The summed E-state index contributed by atoms with van der Waals surface area (Å²) in [6.07, 6.45) is 0. The van der Waals surface area contributed by atoms with Crippen LogP contribution in [0.15, 0.2) is 18.2 Å². The van der Waals surface area contributed by atoms with Crippen molar-refractivity contribution >= 4 is 5.91 Å². The molecule has 114 valence electrons. The van der Waals surface area contributed by atoms with Crippen LogP contribution in [-0.2, 0) is 9.53 Å². The Morgan fingerprint density at radius 1 is 1.29 bits per heavy atom. The Bertz CT molecular complexity index is 514. The summed E-state index contributed by atoms with van der Waals surface area (Å²) in [7, 11) is 0. The smallest absolute Gasteiger partial charge is 0.231 e. The third-order valence-corrected chi connectivity index (χ3v) is 3.81. The maximum absolute atomic E-state index is 11.3. The molecule has 1 fully saturated rings. The van der Waals surface area contributed by atoms with E-state index in [0.717, 1.165) is 43.4 Å². The van der Waals surface area contributed by atoms with E-state index in [4.69, 9.17) is 14.2 Å². The van der Waals surface area contributed by atoms with E-state index < -0.39 is 0 Å². The molecule has 1 aromatic carbocycles. The Morgan fingerprint density at radius 3 is 2.81 bits per heavy atom. The first-order valence-corrected chi connectivity index (χ1v) is 7.20. The molecular formula is C15H20N2O4. The van der Waals surface area contributed by atoms with E-state index in [1.54, 1.807) is 0 Å². The average molecular weight is 292 g/mol. The standard InChI is InChI=1S/C15H20N2O4/c1-11(18)16-9-13(17-4-6-19-7-5-17)12-2-3-14-15(8-12)21-10-20-14/h2-3,8,13H,4-7,9-10H2,1H3,(H,16,18)/t13-/m1/s1. The van der Waals surface area contributed by atoms with Crippen LogP contribution < -0.4 is 14.8 Å². The van der Waals surface area contributed by atoms with E-state index in [-0.39, 0.29) is 18.7 Å². The van der Waals surface area contributed by atoms with E-state index in [1.165, 1.54) is 6.92 Å². The largest absolute Gasteiger partial charge is 0.454 e. The van der Waals surface area contributed by atoms with Crippen LogP contribution in [0, 0.1) is 0 Å². The van der Waals surface area contributed by atoms with Gasteiger partial charge in [0, 0.05) is 26.6 Å². The zero-order chi connectivity index (χ0) is 14.7. The highest BCUT2D eigenvalue weighted by Crippen LogP contribution is 2.35. The first kappa shape index (κ1) is 14.2. The Labute approximate surface area is 124 Å². The van der Waals surface area contributed by atoms with Crippen molar-refractivity contribution in [1.82, 2.24) is 10.2 Å². The molecule has 0 aliphatic carbocycles. The van der Waals surface area contributed by atoms with Crippen LogP contribution in [0.1, 0.15) is 18.5 Å². The number of rotatable bonds is 4. The molecule has 0 aromatic heterocycles. The molecule has 0 spiro atoms. The zero-order valence-electron chi connectivity index (χ0n) is 12.1. The molecule has 6 heteroatoms. The molecule has 0 radical (unpaired) electrons. The van der Waals surface area contributed by atoms with Crippen molar-refractivity contribution in [2.75, 3.05) is 39.6 Å². The van der Waals surface area contributed by atoms with Crippen LogP contribution in [0.25, 0.3) is 0 Å². The van der Waals surface area contributed by atoms with Gasteiger partial charge in [-0.3, -0.25) is 9.69 Å². The summed E-state index contributed by atoms with van der Waals surface area (Å²) in [5.41, 5.74) is 1.12. The van der Waals surface area contributed by atoms with Gasteiger partial charge in [-0.25, -0.2) is 0 Å². The van der Waals surface area contributed by atoms with Gasteiger partial charge in [-0.1, -0.05) is 6.07 Å². The lowest BCUT2D eigenvalue weighted by Gasteiger charge is -2.34. The van der Waals surface area contributed by atoms with E-state index >= 15 is 0 Å². The van der Waals surface area contributed by atoms with E-state index in [1.807, 2.05) is 18.2 Å². The third-order valence-electron chi connectivity index (χ3n) is 3.81. The molecule has 1 aromatic rings. The second kappa shape index (κ2) is 6.32. The maximum Gasteiger partial charge on any atom is 0.231 e. The fourth-order valence-electron chi connectivity index (χ4n) is 2.71. The number of ether oxygens (including phenoxy) is 3. The molecular weight excluding hydrogens is 272 g/mol. The van der Waals surface area contributed by atoms with Gasteiger partial charge in [0.2, 0.25) is 12.7 Å². The van der Waals surface area contributed by atoms with Crippen LogP contribution in [0.3, 0.4) is 0 Å². The number of morpholine rings is 1. The minimum absolute atomic E-state index is 0.0194. The predicted octanol–water partition coefficient (Wildman–Crippen LogP) is 0.925. The van der Waals surface area contributed by atoms with Gasteiger partial charge in [-0.05, 0) is 17.7 Å². The van der Waals surface area contributed by atoms with Gasteiger partial charge in [0.15, 0.2) is 11.5 Å². The molecule has 0 bridgehead atoms. The van der Waals surface area contributed by atoms with Crippen LogP contribution in [0.4, 0.5) is 0 Å². The Kier molecular flexibility index (Phi) is 4.26. The van der Waals surface area contributed by atoms with Gasteiger partial charge < -0.3 is 19.5 Å². The van der Waals surface area contributed by atoms with Gasteiger partial charge >= 0.3 is 0 Å². The van der Waals surface area contributed by atoms with Gasteiger partial charge in [0.1, 0.15) is 0 Å². The van der Waals surface area contributed by atoms with Crippen molar-refractivity contribution in [2.45, 2.75) is 13.0 Å².